The van der Waals surface area contributed by atoms with Crippen LogP contribution >= 0.6 is 11.8 Å². The summed E-state index contributed by atoms with van der Waals surface area (Å²) in [4.78, 5) is 21.1. The molecular formula is C31H45N3O3S. The highest BCUT2D eigenvalue weighted by Crippen LogP contribution is 2.51. The van der Waals surface area contributed by atoms with Gasteiger partial charge in [0.15, 0.2) is 0 Å². The lowest BCUT2D eigenvalue weighted by Gasteiger charge is -2.49. The molecule has 2 N–H and O–H groups in total. The van der Waals surface area contributed by atoms with Crippen LogP contribution in [0.15, 0.2) is 42.5 Å². The molecular weight excluding hydrogens is 494 g/mol. The number of aromatic nitrogens is 2. The van der Waals surface area contributed by atoms with Gasteiger partial charge < -0.3 is 15.2 Å². The van der Waals surface area contributed by atoms with E-state index in [2.05, 4.69) is 54.8 Å². The van der Waals surface area contributed by atoms with Crippen molar-refractivity contribution in [2.24, 2.45) is 16.7 Å². The number of rotatable bonds is 7. The molecule has 6 nitrogen and oxygen atoms in total. The Morgan fingerprint density at radius 3 is 2.61 bits per heavy atom. The summed E-state index contributed by atoms with van der Waals surface area (Å²) in [6, 6.07) is 0. The molecule has 4 rings (SSSR count). The van der Waals surface area contributed by atoms with E-state index in [0.29, 0.717) is 30.3 Å². The molecule has 38 heavy (non-hydrogen) atoms. The van der Waals surface area contributed by atoms with Crippen molar-refractivity contribution >= 4 is 23.6 Å². The summed E-state index contributed by atoms with van der Waals surface area (Å²) >= 11 is 1.94. The highest BCUT2D eigenvalue weighted by atomic mass is 32.2. The SMILES string of the molecule is C=C(CSC1CCNCC1)O[C@@H]1CC(C)(/C=C/c2nccnc2C)C(O)[C@H](C)C2(C=C1C)CCC(=O)CC2. The number of ether oxygens (including phenoxy) is 1. The van der Waals surface area contributed by atoms with Crippen LogP contribution in [-0.4, -0.2) is 57.2 Å². The zero-order valence-corrected chi connectivity index (χ0v) is 24.4. The molecule has 7 heteroatoms. The van der Waals surface area contributed by atoms with Gasteiger partial charge in [-0.1, -0.05) is 32.6 Å². The minimum Gasteiger partial charge on any atom is -0.490 e. The van der Waals surface area contributed by atoms with Crippen LogP contribution in [0.25, 0.3) is 6.08 Å². The van der Waals surface area contributed by atoms with E-state index in [1.165, 1.54) is 18.4 Å². The summed E-state index contributed by atoms with van der Waals surface area (Å²) in [5.41, 5.74) is 2.03. The maximum absolute atomic E-state index is 12.2. The number of ketones is 1. The van der Waals surface area contributed by atoms with Gasteiger partial charge in [-0.15, -0.1) is 0 Å². The molecule has 2 aliphatic carbocycles. The second kappa shape index (κ2) is 12.5. The molecule has 1 aromatic rings. The summed E-state index contributed by atoms with van der Waals surface area (Å²) in [6.45, 7) is 14.8. The van der Waals surface area contributed by atoms with Crippen LogP contribution in [0.3, 0.4) is 0 Å². The predicted octanol–water partition coefficient (Wildman–Crippen LogP) is 5.67. The summed E-state index contributed by atoms with van der Waals surface area (Å²) in [7, 11) is 0. The fraction of sp³-hybridized carbons (Fsp3) is 0.645. The summed E-state index contributed by atoms with van der Waals surface area (Å²) in [5.74, 6) is 1.88. The van der Waals surface area contributed by atoms with Crippen LogP contribution in [-0.2, 0) is 9.53 Å². The summed E-state index contributed by atoms with van der Waals surface area (Å²) in [6.07, 6.45) is 14.7. The Hall–Kier alpha value is -1.96. The van der Waals surface area contributed by atoms with Crippen LogP contribution < -0.4 is 5.32 Å². The van der Waals surface area contributed by atoms with Crippen LogP contribution in [0, 0.1) is 23.7 Å². The van der Waals surface area contributed by atoms with Crippen molar-refractivity contribution < 1.29 is 14.6 Å². The smallest absolute Gasteiger partial charge is 0.132 e. The molecule has 3 aliphatic rings. The Morgan fingerprint density at radius 1 is 1.24 bits per heavy atom. The number of aryl methyl sites for hydroxylation is 1. The predicted molar refractivity (Wildman–Crippen MR) is 156 cm³/mol. The second-order valence-corrected chi connectivity index (χ2v) is 13.2. The van der Waals surface area contributed by atoms with E-state index in [1.807, 2.05) is 24.8 Å². The van der Waals surface area contributed by atoms with E-state index >= 15 is 0 Å². The average molecular weight is 540 g/mol. The first kappa shape index (κ1) is 29.0. The highest BCUT2D eigenvalue weighted by Gasteiger charge is 2.49. The zero-order chi connectivity index (χ0) is 27.3. The molecule has 1 spiro atoms. The summed E-state index contributed by atoms with van der Waals surface area (Å²) in [5, 5.41) is 16.0. The third-order valence-corrected chi connectivity index (χ3v) is 10.5. The van der Waals surface area contributed by atoms with E-state index in [-0.39, 0.29) is 17.4 Å². The number of thioether (sulfide) groups is 1. The molecule has 0 amide bonds. The lowest BCUT2D eigenvalue weighted by atomic mass is 9.58. The Labute approximate surface area is 232 Å². The molecule has 2 unspecified atom stereocenters. The van der Waals surface area contributed by atoms with Gasteiger partial charge in [0.05, 0.1) is 29.0 Å². The van der Waals surface area contributed by atoms with Gasteiger partial charge in [0.25, 0.3) is 0 Å². The second-order valence-electron chi connectivity index (χ2n) is 11.9. The number of nitrogens with one attached hydrogen (secondary N) is 1. The van der Waals surface area contributed by atoms with Gasteiger partial charge in [0.2, 0.25) is 0 Å². The maximum atomic E-state index is 12.2. The Bertz CT molecular complexity index is 1050. The van der Waals surface area contributed by atoms with E-state index in [4.69, 9.17) is 4.74 Å². The van der Waals surface area contributed by atoms with Gasteiger partial charge >= 0.3 is 0 Å². The number of carbonyl (C=O) groups excluding carboxylic acids is 1. The monoisotopic (exact) mass is 539 g/mol. The van der Waals surface area contributed by atoms with Crippen LogP contribution in [0.4, 0.5) is 0 Å². The number of hydrogen-bond acceptors (Lipinski definition) is 7. The van der Waals surface area contributed by atoms with Gasteiger partial charge in [0, 0.05) is 35.9 Å². The first-order valence-corrected chi connectivity index (χ1v) is 15.2. The van der Waals surface area contributed by atoms with Crippen molar-refractivity contribution in [3.8, 4) is 0 Å². The quantitative estimate of drug-likeness (QED) is 0.341. The first-order valence-electron chi connectivity index (χ1n) is 14.1. The van der Waals surface area contributed by atoms with Crippen LogP contribution in [0.1, 0.15) is 77.1 Å². The van der Waals surface area contributed by atoms with Gasteiger partial charge in [-0.3, -0.25) is 14.8 Å². The number of carbonyl (C=O) groups is 1. The number of piperidine rings is 1. The van der Waals surface area contributed by atoms with Crippen LogP contribution in [0.5, 0.6) is 0 Å². The zero-order valence-electron chi connectivity index (χ0n) is 23.5. The van der Waals surface area contributed by atoms with Crippen molar-refractivity contribution in [1.29, 1.82) is 0 Å². The molecule has 2 heterocycles. The van der Waals surface area contributed by atoms with Gasteiger partial charge in [0.1, 0.15) is 11.9 Å². The molecule has 0 bridgehead atoms. The topological polar surface area (TPSA) is 84.3 Å². The third kappa shape index (κ3) is 6.78. The molecule has 1 saturated carbocycles. The molecule has 1 saturated heterocycles. The number of hydrogen-bond donors (Lipinski definition) is 2. The first-order chi connectivity index (χ1) is 18.1. The largest absolute Gasteiger partial charge is 0.490 e. The fourth-order valence-electron chi connectivity index (χ4n) is 6.40. The fourth-order valence-corrected chi connectivity index (χ4v) is 7.46. The molecule has 1 aromatic heterocycles. The lowest BCUT2D eigenvalue weighted by molar-refractivity contribution is -0.124. The lowest BCUT2D eigenvalue weighted by Crippen LogP contribution is -2.48. The number of aliphatic hydroxyl groups is 1. The minimum absolute atomic E-state index is 0.0113. The molecule has 1 aliphatic heterocycles. The van der Waals surface area contributed by atoms with Crippen molar-refractivity contribution in [3.05, 3.63) is 53.8 Å². The number of allylic oxidation sites excluding steroid dienone is 1. The van der Waals surface area contributed by atoms with Crippen molar-refractivity contribution in [3.63, 3.8) is 0 Å². The standard InChI is InChI=1S/C31H45N3O3S/c1-21-18-31(12-6-25(35)7-13-31)23(3)29(36)30(5,11-8-27-24(4)33-16-17-34-27)19-28(21)37-22(2)20-38-26-9-14-32-15-10-26/h8,11,16-18,23,26,28-29,32,36H,2,6-7,9-10,12-15,19-20H2,1,3-5H3/b11-8+,21-18?/t23-,28+,29?,30?/m0/s1. The van der Waals surface area contributed by atoms with Crippen molar-refractivity contribution in [2.45, 2.75) is 90.1 Å². The van der Waals surface area contributed by atoms with E-state index < -0.39 is 11.5 Å². The van der Waals surface area contributed by atoms with Crippen molar-refractivity contribution in [1.82, 2.24) is 15.3 Å². The molecule has 0 aromatic carbocycles. The van der Waals surface area contributed by atoms with Crippen LogP contribution in [0.2, 0.25) is 0 Å². The normalized spacial score (nSPS) is 30.6. The highest BCUT2D eigenvalue weighted by molar-refractivity contribution is 8.00. The van der Waals surface area contributed by atoms with Crippen molar-refractivity contribution in [2.75, 3.05) is 18.8 Å². The van der Waals surface area contributed by atoms with Gasteiger partial charge in [-0.2, -0.15) is 11.8 Å². The minimum atomic E-state index is -0.614. The van der Waals surface area contributed by atoms with E-state index in [0.717, 1.165) is 48.8 Å². The maximum Gasteiger partial charge on any atom is 0.132 e. The summed E-state index contributed by atoms with van der Waals surface area (Å²) < 4.78 is 6.60. The van der Waals surface area contributed by atoms with Gasteiger partial charge in [-0.25, -0.2) is 0 Å². The van der Waals surface area contributed by atoms with Gasteiger partial charge in [-0.05, 0) is 82.0 Å². The molecule has 208 valence electrons. The third-order valence-electron chi connectivity index (χ3n) is 9.06. The van der Waals surface area contributed by atoms with E-state index in [9.17, 15) is 9.90 Å². The number of aliphatic hydroxyl groups excluding tert-OH is 1. The Kier molecular flexibility index (Phi) is 9.53. The van der Waals surface area contributed by atoms with E-state index in [1.54, 1.807) is 12.4 Å². The number of Topliss-reactive ketones (excluding diaryl/α,β-unsaturated/α-hetero) is 1. The Morgan fingerprint density at radius 2 is 1.92 bits per heavy atom. The molecule has 2 fully saturated rings. The number of nitrogens with zero attached hydrogens (tertiary/aromatic N) is 2. The molecule has 4 atom stereocenters. The molecule has 0 radical (unpaired) electrons. The average Bonchev–Trinajstić information content (AvgIpc) is 2.92. The Balaban J connectivity index is 1.62.